The topological polar surface area (TPSA) is 99.4 Å². The maximum absolute atomic E-state index is 11.2. The molecular weight excluding hydrogens is 264 g/mol. The lowest BCUT2D eigenvalue weighted by atomic mass is 10.2. The lowest BCUT2D eigenvalue weighted by Gasteiger charge is -2.14. The summed E-state index contributed by atoms with van der Waals surface area (Å²) < 4.78 is 10.2. The van der Waals surface area contributed by atoms with Gasteiger partial charge >= 0.3 is 5.69 Å². The fourth-order valence-electron chi connectivity index (χ4n) is 1.51. The maximum Gasteiger partial charge on any atom is 0.372 e. The Morgan fingerprint density at radius 3 is 2.60 bits per heavy atom. The summed E-state index contributed by atoms with van der Waals surface area (Å²) in [5.74, 6) is 0.465. The smallest absolute Gasteiger partial charge is 0.372 e. The van der Waals surface area contributed by atoms with Crippen molar-refractivity contribution in [2.24, 2.45) is 0 Å². The summed E-state index contributed by atoms with van der Waals surface area (Å²) in [7, 11) is 1.51. The summed E-state index contributed by atoms with van der Waals surface area (Å²) in [5, 5.41) is 14.2. The first kappa shape index (κ1) is 16.1. The van der Waals surface area contributed by atoms with Crippen LogP contribution >= 0.6 is 0 Å². The highest BCUT2D eigenvalue weighted by atomic mass is 16.6. The fourth-order valence-corrected chi connectivity index (χ4v) is 1.51. The van der Waals surface area contributed by atoms with Gasteiger partial charge in [0.05, 0.1) is 11.5 Å². The minimum atomic E-state index is -0.535. The Labute approximate surface area is 117 Å². The molecule has 0 aliphatic heterocycles. The number of anilines is 1. The van der Waals surface area contributed by atoms with E-state index in [1.165, 1.54) is 7.11 Å². The summed E-state index contributed by atoms with van der Waals surface area (Å²) in [6.45, 7) is 6.08. The number of hydrogen-bond donors (Lipinski definition) is 1. The van der Waals surface area contributed by atoms with Crippen molar-refractivity contribution in [3.63, 3.8) is 0 Å². The third-order valence-corrected chi connectivity index (χ3v) is 2.63. The number of methoxy groups -OCH3 is 1. The van der Waals surface area contributed by atoms with Gasteiger partial charge in [0, 0.05) is 13.2 Å². The van der Waals surface area contributed by atoms with E-state index in [4.69, 9.17) is 9.47 Å². The van der Waals surface area contributed by atoms with Crippen LogP contribution in [0.4, 0.5) is 11.5 Å². The number of hydrogen-bond acceptors (Lipinski definition) is 7. The van der Waals surface area contributed by atoms with Gasteiger partial charge < -0.3 is 14.8 Å². The van der Waals surface area contributed by atoms with E-state index in [2.05, 4.69) is 15.3 Å². The van der Waals surface area contributed by atoms with E-state index in [-0.39, 0.29) is 36.6 Å². The molecule has 0 fully saturated rings. The molecule has 0 aromatic carbocycles. The highest BCUT2D eigenvalue weighted by Gasteiger charge is 2.26. The molecule has 0 spiro atoms. The minimum Gasteiger partial charge on any atom is -0.473 e. The molecule has 0 radical (unpaired) electrons. The molecule has 8 heteroatoms. The van der Waals surface area contributed by atoms with Crippen molar-refractivity contribution in [3.05, 3.63) is 15.9 Å². The van der Waals surface area contributed by atoms with E-state index in [9.17, 15) is 10.1 Å². The van der Waals surface area contributed by atoms with Crippen molar-refractivity contribution in [3.8, 4) is 5.88 Å². The third-order valence-electron chi connectivity index (χ3n) is 2.63. The van der Waals surface area contributed by atoms with Gasteiger partial charge in [-0.2, -0.15) is 4.98 Å². The van der Waals surface area contributed by atoms with Crippen molar-refractivity contribution in [1.82, 2.24) is 9.97 Å². The second-order valence-electron chi connectivity index (χ2n) is 4.22. The molecule has 0 bridgehead atoms. The van der Waals surface area contributed by atoms with Gasteiger partial charge in [-0.15, -0.1) is 0 Å². The van der Waals surface area contributed by atoms with Gasteiger partial charge in [0.25, 0.3) is 5.88 Å². The van der Waals surface area contributed by atoms with Gasteiger partial charge in [-0.1, -0.05) is 6.92 Å². The Morgan fingerprint density at radius 2 is 2.10 bits per heavy atom. The van der Waals surface area contributed by atoms with Crippen LogP contribution < -0.4 is 10.1 Å². The summed E-state index contributed by atoms with van der Waals surface area (Å²) >= 11 is 0. The van der Waals surface area contributed by atoms with Crippen LogP contribution in [0.2, 0.25) is 0 Å². The van der Waals surface area contributed by atoms with Crippen molar-refractivity contribution >= 4 is 11.5 Å². The first-order valence-electron chi connectivity index (χ1n) is 6.46. The lowest BCUT2D eigenvalue weighted by molar-refractivity contribution is -0.385. The Kier molecular flexibility index (Phi) is 6.10. The molecule has 112 valence electrons. The van der Waals surface area contributed by atoms with Crippen LogP contribution in [-0.2, 0) is 11.3 Å². The second kappa shape index (κ2) is 7.59. The summed E-state index contributed by atoms with van der Waals surface area (Å²) in [6, 6.07) is 0.0495. The summed E-state index contributed by atoms with van der Waals surface area (Å²) in [5.41, 5.74) is -0.244. The number of nitro groups is 1. The molecule has 0 saturated carbocycles. The Morgan fingerprint density at radius 1 is 1.40 bits per heavy atom. The van der Waals surface area contributed by atoms with Gasteiger partial charge in [-0.05, 0) is 20.3 Å². The van der Waals surface area contributed by atoms with Crippen molar-refractivity contribution < 1.29 is 14.4 Å². The Balaban J connectivity index is 3.29. The zero-order valence-corrected chi connectivity index (χ0v) is 12.2. The van der Waals surface area contributed by atoms with Crippen LogP contribution in [-0.4, -0.2) is 34.6 Å². The average Bonchev–Trinajstić information content (AvgIpc) is 2.38. The van der Waals surface area contributed by atoms with Crippen molar-refractivity contribution in [2.75, 3.05) is 19.0 Å². The number of aromatic nitrogens is 2. The van der Waals surface area contributed by atoms with Crippen molar-refractivity contribution in [1.29, 1.82) is 0 Å². The Bertz CT molecular complexity index is 467. The molecular formula is C12H20N4O4. The van der Waals surface area contributed by atoms with Crippen LogP contribution in [0.15, 0.2) is 0 Å². The molecule has 1 aromatic heterocycles. The average molecular weight is 284 g/mol. The molecule has 1 atom stereocenters. The van der Waals surface area contributed by atoms with Gasteiger partial charge in [-0.3, -0.25) is 10.1 Å². The lowest BCUT2D eigenvalue weighted by Crippen LogP contribution is -2.18. The SMILES string of the molecule is CCOc1nc(COC)nc(NC(C)CC)c1[N+](=O)[O-]. The van der Waals surface area contributed by atoms with Gasteiger partial charge in [0.1, 0.15) is 6.61 Å². The van der Waals surface area contributed by atoms with Crippen LogP contribution in [0.25, 0.3) is 0 Å². The molecule has 0 saturated heterocycles. The zero-order valence-electron chi connectivity index (χ0n) is 12.2. The van der Waals surface area contributed by atoms with E-state index in [0.717, 1.165) is 6.42 Å². The highest BCUT2D eigenvalue weighted by Crippen LogP contribution is 2.32. The Hall–Kier alpha value is -1.96. The zero-order chi connectivity index (χ0) is 15.1. The molecule has 0 aliphatic carbocycles. The van der Waals surface area contributed by atoms with Gasteiger partial charge in [-0.25, -0.2) is 4.98 Å². The third kappa shape index (κ3) is 4.02. The summed E-state index contributed by atoms with van der Waals surface area (Å²) in [4.78, 5) is 18.9. The van der Waals surface area contributed by atoms with E-state index >= 15 is 0 Å². The molecule has 1 unspecified atom stereocenters. The van der Waals surface area contributed by atoms with Gasteiger partial charge in [0.2, 0.25) is 5.82 Å². The number of ether oxygens (including phenoxy) is 2. The van der Waals surface area contributed by atoms with Crippen LogP contribution in [0.1, 0.15) is 33.0 Å². The first-order chi connectivity index (χ1) is 9.53. The van der Waals surface area contributed by atoms with Gasteiger partial charge in [0.15, 0.2) is 5.82 Å². The van der Waals surface area contributed by atoms with Crippen LogP contribution in [0, 0.1) is 10.1 Å². The van der Waals surface area contributed by atoms with Crippen molar-refractivity contribution in [2.45, 2.75) is 39.8 Å². The predicted octanol–water partition coefficient (Wildman–Crippen LogP) is 2.14. The first-order valence-corrected chi connectivity index (χ1v) is 6.46. The highest BCUT2D eigenvalue weighted by molar-refractivity contribution is 5.62. The standard InChI is InChI=1S/C12H20N4O4/c1-5-8(3)13-11-10(16(17)18)12(20-6-2)15-9(14-11)7-19-4/h8H,5-7H2,1-4H3,(H,13,14,15). The fraction of sp³-hybridized carbons (Fsp3) is 0.667. The number of rotatable bonds is 8. The maximum atomic E-state index is 11.2. The van der Waals surface area contributed by atoms with E-state index < -0.39 is 4.92 Å². The van der Waals surface area contributed by atoms with E-state index in [1.807, 2.05) is 13.8 Å². The molecule has 0 aliphatic rings. The quantitative estimate of drug-likeness (QED) is 0.576. The predicted molar refractivity (Wildman–Crippen MR) is 73.9 cm³/mol. The van der Waals surface area contributed by atoms with E-state index in [1.54, 1.807) is 6.92 Å². The number of nitrogens with one attached hydrogen (secondary N) is 1. The normalized spacial score (nSPS) is 12.0. The molecule has 20 heavy (non-hydrogen) atoms. The largest absolute Gasteiger partial charge is 0.473 e. The van der Waals surface area contributed by atoms with Crippen LogP contribution in [0.3, 0.4) is 0 Å². The molecule has 0 amide bonds. The van der Waals surface area contributed by atoms with Crippen LogP contribution in [0.5, 0.6) is 5.88 Å². The molecule has 1 heterocycles. The summed E-state index contributed by atoms with van der Waals surface area (Å²) in [6.07, 6.45) is 0.810. The second-order valence-corrected chi connectivity index (χ2v) is 4.22. The molecule has 1 aromatic rings. The molecule has 1 N–H and O–H groups in total. The molecule has 8 nitrogen and oxygen atoms in total. The molecule has 1 rings (SSSR count). The number of nitrogens with zero attached hydrogens (tertiary/aromatic N) is 3. The monoisotopic (exact) mass is 284 g/mol. The minimum absolute atomic E-state index is 0.0367. The van der Waals surface area contributed by atoms with E-state index in [0.29, 0.717) is 5.82 Å².